The van der Waals surface area contributed by atoms with Crippen LogP contribution in [0, 0.1) is 0 Å². The zero-order valence-corrected chi connectivity index (χ0v) is 13.3. The summed E-state index contributed by atoms with van der Waals surface area (Å²) in [7, 11) is 2.06. The van der Waals surface area contributed by atoms with Crippen LogP contribution < -0.4 is 10.2 Å². The summed E-state index contributed by atoms with van der Waals surface area (Å²) < 4.78 is 0. The average molecular weight is 289 g/mol. The first-order valence-electron chi connectivity index (χ1n) is 8.18. The number of carbonyl (C=O) groups excluding carboxylic acids is 1. The monoisotopic (exact) mass is 289 g/mol. The molecule has 0 aromatic carbocycles. The van der Waals surface area contributed by atoms with E-state index in [1.54, 1.807) is 6.20 Å². The first kappa shape index (κ1) is 15.8. The van der Waals surface area contributed by atoms with Gasteiger partial charge in [-0.05, 0) is 31.4 Å². The minimum absolute atomic E-state index is 0.0346. The zero-order chi connectivity index (χ0) is 15.1. The molecule has 21 heavy (non-hydrogen) atoms. The van der Waals surface area contributed by atoms with E-state index in [0.717, 1.165) is 31.5 Å². The molecule has 0 radical (unpaired) electrons. The molecule has 1 amide bonds. The highest BCUT2D eigenvalue weighted by atomic mass is 16.1. The standard InChI is InChI=1S/C17H27N3O/c1-3-4-12-20(2)15-10-11-18-16(13-15)17(21)19-14-8-6-5-7-9-14/h10-11,13-14H,3-9,12H2,1-2H3,(H,19,21). The summed E-state index contributed by atoms with van der Waals surface area (Å²) in [4.78, 5) is 18.7. The quantitative estimate of drug-likeness (QED) is 0.873. The fraction of sp³-hybridized carbons (Fsp3) is 0.647. The Morgan fingerprint density at radius 1 is 1.38 bits per heavy atom. The second-order valence-electron chi connectivity index (χ2n) is 5.98. The molecule has 1 heterocycles. The van der Waals surface area contributed by atoms with E-state index in [4.69, 9.17) is 0 Å². The third-order valence-corrected chi connectivity index (χ3v) is 4.20. The lowest BCUT2D eigenvalue weighted by atomic mass is 9.95. The van der Waals surface area contributed by atoms with Crippen molar-refractivity contribution in [2.24, 2.45) is 0 Å². The van der Waals surface area contributed by atoms with Gasteiger partial charge in [0.25, 0.3) is 5.91 Å². The number of hydrogen-bond acceptors (Lipinski definition) is 3. The van der Waals surface area contributed by atoms with E-state index in [0.29, 0.717) is 11.7 Å². The summed E-state index contributed by atoms with van der Waals surface area (Å²) in [5.74, 6) is -0.0346. The number of pyridine rings is 1. The van der Waals surface area contributed by atoms with Crippen molar-refractivity contribution in [3.05, 3.63) is 24.0 Å². The Labute approximate surface area is 127 Å². The molecule has 4 heteroatoms. The molecule has 0 atom stereocenters. The molecule has 1 saturated carbocycles. The number of aromatic nitrogens is 1. The van der Waals surface area contributed by atoms with Crippen molar-refractivity contribution >= 4 is 11.6 Å². The van der Waals surface area contributed by atoms with Gasteiger partial charge in [0.05, 0.1) is 0 Å². The maximum Gasteiger partial charge on any atom is 0.270 e. The molecule has 1 aliphatic rings. The van der Waals surface area contributed by atoms with Gasteiger partial charge in [-0.1, -0.05) is 32.6 Å². The second kappa shape index (κ2) is 8.01. The Kier molecular flexibility index (Phi) is 6.03. The fourth-order valence-electron chi connectivity index (χ4n) is 2.81. The Bertz CT molecular complexity index is 455. The second-order valence-corrected chi connectivity index (χ2v) is 5.98. The van der Waals surface area contributed by atoms with E-state index in [1.165, 1.54) is 25.7 Å². The fourth-order valence-corrected chi connectivity index (χ4v) is 2.81. The van der Waals surface area contributed by atoms with Crippen LogP contribution in [0.3, 0.4) is 0 Å². The average Bonchev–Trinajstić information content (AvgIpc) is 2.53. The predicted octanol–water partition coefficient (Wildman–Crippen LogP) is 3.38. The molecule has 2 rings (SSSR count). The predicted molar refractivity (Wildman–Crippen MR) is 86.8 cm³/mol. The van der Waals surface area contributed by atoms with Crippen LogP contribution >= 0.6 is 0 Å². The summed E-state index contributed by atoms with van der Waals surface area (Å²) in [5.41, 5.74) is 1.59. The van der Waals surface area contributed by atoms with Crippen LogP contribution in [0.5, 0.6) is 0 Å². The molecule has 1 aromatic rings. The van der Waals surface area contributed by atoms with E-state index in [-0.39, 0.29) is 5.91 Å². The van der Waals surface area contributed by atoms with E-state index in [9.17, 15) is 4.79 Å². The van der Waals surface area contributed by atoms with E-state index >= 15 is 0 Å². The van der Waals surface area contributed by atoms with Gasteiger partial charge in [0.2, 0.25) is 0 Å². The lowest BCUT2D eigenvalue weighted by Crippen LogP contribution is -2.36. The van der Waals surface area contributed by atoms with Crippen molar-refractivity contribution in [1.82, 2.24) is 10.3 Å². The number of nitrogens with zero attached hydrogens (tertiary/aromatic N) is 2. The summed E-state index contributed by atoms with van der Waals surface area (Å²) in [6.45, 7) is 3.19. The SMILES string of the molecule is CCCCN(C)c1ccnc(C(=O)NC2CCCCC2)c1. The zero-order valence-electron chi connectivity index (χ0n) is 13.3. The number of hydrogen-bond donors (Lipinski definition) is 1. The van der Waals surface area contributed by atoms with Gasteiger partial charge < -0.3 is 10.2 Å². The van der Waals surface area contributed by atoms with Crippen molar-refractivity contribution in [1.29, 1.82) is 0 Å². The third-order valence-electron chi connectivity index (χ3n) is 4.20. The number of anilines is 1. The van der Waals surface area contributed by atoms with Crippen LogP contribution in [0.15, 0.2) is 18.3 Å². The van der Waals surface area contributed by atoms with Gasteiger partial charge >= 0.3 is 0 Å². The molecule has 1 aliphatic carbocycles. The normalized spacial score (nSPS) is 15.7. The topological polar surface area (TPSA) is 45.2 Å². The van der Waals surface area contributed by atoms with E-state index < -0.39 is 0 Å². The lowest BCUT2D eigenvalue weighted by Gasteiger charge is -2.23. The van der Waals surface area contributed by atoms with Crippen LogP contribution in [0.1, 0.15) is 62.4 Å². The molecular formula is C17H27N3O. The highest BCUT2D eigenvalue weighted by Gasteiger charge is 2.17. The minimum Gasteiger partial charge on any atom is -0.374 e. The minimum atomic E-state index is -0.0346. The Balaban J connectivity index is 1.97. The van der Waals surface area contributed by atoms with Gasteiger partial charge in [-0.3, -0.25) is 9.78 Å². The Morgan fingerprint density at radius 3 is 2.86 bits per heavy atom. The highest BCUT2D eigenvalue weighted by Crippen LogP contribution is 2.18. The first-order chi connectivity index (χ1) is 10.2. The largest absolute Gasteiger partial charge is 0.374 e. The molecule has 0 bridgehead atoms. The molecule has 116 valence electrons. The van der Waals surface area contributed by atoms with E-state index in [1.807, 2.05) is 12.1 Å². The van der Waals surface area contributed by atoms with Gasteiger partial charge in [0.1, 0.15) is 5.69 Å². The van der Waals surface area contributed by atoms with Gasteiger partial charge in [-0.15, -0.1) is 0 Å². The molecule has 0 aliphatic heterocycles. The molecule has 1 fully saturated rings. The van der Waals surface area contributed by atoms with Crippen molar-refractivity contribution < 1.29 is 4.79 Å². The molecule has 0 spiro atoms. The van der Waals surface area contributed by atoms with Gasteiger partial charge in [0, 0.05) is 31.5 Å². The maximum atomic E-state index is 12.3. The van der Waals surface area contributed by atoms with Gasteiger partial charge in [0.15, 0.2) is 0 Å². The molecule has 0 saturated heterocycles. The Morgan fingerprint density at radius 2 is 2.14 bits per heavy atom. The number of rotatable bonds is 6. The third kappa shape index (κ3) is 4.73. The van der Waals surface area contributed by atoms with Crippen LogP contribution in [0.4, 0.5) is 5.69 Å². The summed E-state index contributed by atoms with van der Waals surface area (Å²) in [6, 6.07) is 4.19. The lowest BCUT2D eigenvalue weighted by molar-refractivity contribution is 0.0922. The van der Waals surface area contributed by atoms with Crippen molar-refractivity contribution in [2.75, 3.05) is 18.5 Å². The molecule has 0 unspecified atom stereocenters. The van der Waals surface area contributed by atoms with Crippen molar-refractivity contribution in [2.45, 2.75) is 57.9 Å². The number of amides is 1. The van der Waals surface area contributed by atoms with Gasteiger partial charge in [-0.2, -0.15) is 0 Å². The first-order valence-corrected chi connectivity index (χ1v) is 8.18. The number of unbranched alkanes of at least 4 members (excludes halogenated alkanes) is 1. The molecule has 1 aromatic heterocycles. The molecule has 1 N–H and O–H groups in total. The molecular weight excluding hydrogens is 262 g/mol. The van der Waals surface area contributed by atoms with E-state index in [2.05, 4.69) is 29.2 Å². The van der Waals surface area contributed by atoms with Gasteiger partial charge in [-0.25, -0.2) is 0 Å². The van der Waals surface area contributed by atoms with Crippen LogP contribution in [-0.4, -0.2) is 30.5 Å². The van der Waals surface area contributed by atoms with Crippen LogP contribution in [0.2, 0.25) is 0 Å². The van der Waals surface area contributed by atoms with Crippen LogP contribution in [-0.2, 0) is 0 Å². The number of carbonyl (C=O) groups is 1. The van der Waals surface area contributed by atoms with Crippen LogP contribution in [0.25, 0.3) is 0 Å². The smallest absolute Gasteiger partial charge is 0.270 e. The Hall–Kier alpha value is -1.58. The van der Waals surface area contributed by atoms with Crippen molar-refractivity contribution in [3.63, 3.8) is 0 Å². The number of nitrogens with one attached hydrogen (secondary N) is 1. The van der Waals surface area contributed by atoms with Crippen molar-refractivity contribution in [3.8, 4) is 0 Å². The maximum absolute atomic E-state index is 12.3. The summed E-state index contributed by atoms with van der Waals surface area (Å²) >= 11 is 0. The summed E-state index contributed by atoms with van der Waals surface area (Å²) in [5, 5.41) is 3.12. The molecule has 4 nitrogen and oxygen atoms in total. The summed E-state index contributed by atoms with van der Waals surface area (Å²) in [6.07, 6.45) is 9.99. The highest BCUT2D eigenvalue weighted by molar-refractivity contribution is 5.93.